The van der Waals surface area contributed by atoms with Crippen LogP contribution in [0, 0.1) is 5.92 Å². The molecule has 0 saturated carbocycles. The van der Waals surface area contributed by atoms with Gasteiger partial charge in [-0.1, -0.05) is 11.6 Å². The molecule has 90 valence electrons. The van der Waals surface area contributed by atoms with Crippen LogP contribution in [-0.4, -0.2) is 22.6 Å². The van der Waals surface area contributed by atoms with Crippen LogP contribution >= 0.6 is 11.6 Å². The highest BCUT2D eigenvalue weighted by atomic mass is 35.5. The highest BCUT2D eigenvalue weighted by Gasteiger charge is 2.16. The van der Waals surface area contributed by atoms with Crippen LogP contribution in [0.2, 0.25) is 5.02 Å². The first-order chi connectivity index (χ1) is 8.33. The molecular weight excluding hydrogens is 236 g/mol. The predicted molar refractivity (Wildman–Crippen MR) is 67.4 cm³/mol. The maximum absolute atomic E-state index is 6.02. The van der Waals surface area contributed by atoms with Crippen molar-refractivity contribution in [2.75, 3.05) is 13.2 Å². The van der Waals surface area contributed by atoms with E-state index in [0.717, 1.165) is 48.8 Å². The standard InChI is InChI=1S/C13H15ClN2O/c14-11-1-2-12-8-15-13(16(12)9-11)7-10-3-5-17-6-4-10/h1-2,8-10H,3-7H2. The lowest BCUT2D eigenvalue weighted by atomic mass is 9.96. The molecule has 0 bridgehead atoms. The average molecular weight is 251 g/mol. The SMILES string of the molecule is Clc1ccc2cnc(CC3CCOCC3)n2c1. The number of ether oxygens (including phenoxy) is 1. The summed E-state index contributed by atoms with van der Waals surface area (Å²) in [5, 5.41) is 0.753. The first kappa shape index (κ1) is 11.1. The molecule has 0 aliphatic carbocycles. The molecule has 1 saturated heterocycles. The van der Waals surface area contributed by atoms with E-state index in [1.165, 1.54) is 0 Å². The summed E-state index contributed by atoms with van der Waals surface area (Å²) in [6.45, 7) is 1.77. The maximum atomic E-state index is 6.02. The first-order valence-electron chi connectivity index (χ1n) is 6.02. The minimum absolute atomic E-state index is 0.688. The Labute approximate surface area is 105 Å². The highest BCUT2D eigenvalue weighted by Crippen LogP contribution is 2.21. The second-order valence-electron chi connectivity index (χ2n) is 4.58. The quantitative estimate of drug-likeness (QED) is 0.819. The summed E-state index contributed by atoms with van der Waals surface area (Å²) in [5.74, 6) is 1.79. The molecule has 0 unspecified atom stereocenters. The molecule has 3 rings (SSSR count). The van der Waals surface area contributed by atoms with Crippen LogP contribution in [0.25, 0.3) is 5.52 Å². The van der Waals surface area contributed by atoms with Crippen LogP contribution in [0.4, 0.5) is 0 Å². The lowest BCUT2D eigenvalue weighted by molar-refractivity contribution is 0.0659. The number of nitrogens with zero attached hydrogens (tertiary/aromatic N) is 2. The Morgan fingerprint density at radius 1 is 1.35 bits per heavy atom. The summed E-state index contributed by atoms with van der Waals surface area (Å²) < 4.78 is 7.47. The van der Waals surface area contributed by atoms with Gasteiger partial charge in [0.15, 0.2) is 0 Å². The Hall–Kier alpha value is -1.06. The van der Waals surface area contributed by atoms with Gasteiger partial charge in [-0.25, -0.2) is 4.98 Å². The predicted octanol–water partition coefficient (Wildman–Crippen LogP) is 2.96. The molecule has 1 aliphatic rings. The molecule has 2 aromatic heterocycles. The van der Waals surface area contributed by atoms with Crippen molar-refractivity contribution in [1.82, 2.24) is 9.38 Å². The van der Waals surface area contributed by atoms with Gasteiger partial charge >= 0.3 is 0 Å². The van der Waals surface area contributed by atoms with Crippen LogP contribution in [-0.2, 0) is 11.2 Å². The van der Waals surface area contributed by atoms with Gasteiger partial charge in [0.2, 0.25) is 0 Å². The number of rotatable bonds is 2. The molecule has 0 radical (unpaired) electrons. The van der Waals surface area contributed by atoms with Gasteiger partial charge in [0.05, 0.1) is 16.7 Å². The number of hydrogen-bond acceptors (Lipinski definition) is 2. The lowest BCUT2D eigenvalue weighted by Gasteiger charge is -2.21. The fourth-order valence-electron chi connectivity index (χ4n) is 2.38. The van der Waals surface area contributed by atoms with Crippen molar-refractivity contribution in [2.24, 2.45) is 5.92 Å². The number of hydrogen-bond donors (Lipinski definition) is 0. The van der Waals surface area contributed by atoms with E-state index in [2.05, 4.69) is 9.38 Å². The maximum Gasteiger partial charge on any atom is 0.113 e. The summed E-state index contributed by atoms with van der Waals surface area (Å²) in [6.07, 6.45) is 7.13. The number of halogens is 1. The molecule has 3 nitrogen and oxygen atoms in total. The van der Waals surface area contributed by atoms with Crippen molar-refractivity contribution < 1.29 is 4.74 Å². The van der Waals surface area contributed by atoms with Gasteiger partial charge in [-0.2, -0.15) is 0 Å². The molecule has 1 fully saturated rings. The lowest BCUT2D eigenvalue weighted by Crippen LogP contribution is -2.18. The van der Waals surface area contributed by atoms with E-state index in [0.29, 0.717) is 5.92 Å². The summed E-state index contributed by atoms with van der Waals surface area (Å²) in [4.78, 5) is 4.49. The van der Waals surface area contributed by atoms with E-state index >= 15 is 0 Å². The van der Waals surface area contributed by atoms with Crippen molar-refractivity contribution in [2.45, 2.75) is 19.3 Å². The zero-order valence-electron chi connectivity index (χ0n) is 9.60. The third-order valence-corrected chi connectivity index (χ3v) is 3.60. The van der Waals surface area contributed by atoms with Gasteiger partial charge in [0, 0.05) is 25.8 Å². The van der Waals surface area contributed by atoms with Crippen molar-refractivity contribution in [3.05, 3.63) is 35.4 Å². The summed E-state index contributed by atoms with van der Waals surface area (Å²) in [5.41, 5.74) is 1.11. The number of pyridine rings is 1. The summed E-state index contributed by atoms with van der Waals surface area (Å²) in [6, 6.07) is 3.90. The number of imidazole rings is 1. The monoisotopic (exact) mass is 250 g/mol. The smallest absolute Gasteiger partial charge is 0.113 e. The van der Waals surface area contributed by atoms with Crippen LogP contribution < -0.4 is 0 Å². The van der Waals surface area contributed by atoms with Gasteiger partial charge in [0.1, 0.15) is 5.82 Å². The topological polar surface area (TPSA) is 26.5 Å². The van der Waals surface area contributed by atoms with Gasteiger partial charge in [-0.3, -0.25) is 0 Å². The van der Waals surface area contributed by atoms with Crippen LogP contribution in [0.3, 0.4) is 0 Å². The summed E-state index contributed by atoms with van der Waals surface area (Å²) in [7, 11) is 0. The molecule has 2 aromatic rings. The van der Waals surface area contributed by atoms with Crippen LogP contribution in [0.15, 0.2) is 24.5 Å². The number of fused-ring (bicyclic) bond motifs is 1. The molecule has 0 atom stereocenters. The second-order valence-corrected chi connectivity index (χ2v) is 5.01. The molecule has 0 spiro atoms. The van der Waals surface area contributed by atoms with Crippen molar-refractivity contribution >= 4 is 17.1 Å². The van der Waals surface area contributed by atoms with E-state index in [1.807, 2.05) is 24.5 Å². The third kappa shape index (κ3) is 2.31. The second kappa shape index (κ2) is 4.67. The normalized spacial score (nSPS) is 17.7. The van der Waals surface area contributed by atoms with E-state index in [4.69, 9.17) is 16.3 Å². The zero-order valence-corrected chi connectivity index (χ0v) is 10.4. The van der Waals surface area contributed by atoms with Crippen LogP contribution in [0.5, 0.6) is 0 Å². The Morgan fingerprint density at radius 2 is 2.18 bits per heavy atom. The molecular formula is C13H15ClN2O. The van der Waals surface area contributed by atoms with Gasteiger partial charge in [-0.05, 0) is 30.9 Å². The van der Waals surface area contributed by atoms with Crippen molar-refractivity contribution in [1.29, 1.82) is 0 Å². The Bertz CT molecular complexity index is 517. The van der Waals surface area contributed by atoms with Crippen molar-refractivity contribution in [3.8, 4) is 0 Å². The van der Waals surface area contributed by atoms with Gasteiger partial charge in [-0.15, -0.1) is 0 Å². The highest BCUT2D eigenvalue weighted by molar-refractivity contribution is 6.30. The van der Waals surface area contributed by atoms with E-state index < -0.39 is 0 Å². The first-order valence-corrected chi connectivity index (χ1v) is 6.40. The Balaban J connectivity index is 1.86. The molecule has 1 aliphatic heterocycles. The largest absolute Gasteiger partial charge is 0.381 e. The molecule has 3 heterocycles. The third-order valence-electron chi connectivity index (χ3n) is 3.38. The fraction of sp³-hybridized carbons (Fsp3) is 0.462. The van der Waals surface area contributed by atoms with Crippen LogP contribution in [0.1, 0.15) is 18.7 Å². The number of aromatic nitrogens is 2. The van der Waals surface area contributed by atoms with Gasteiger partial charge < -0.3 is 9.14 Å². The van der Waals surface area contributed by atoms with Gasteiger partial charge in [0.25, 0.3) is 0 Å². The Morgan fingerprint density at radius 3 is 3.00 bits per heavy atom. The molecule has 0 amide bonds. The Kier molecular flexibility index (Phi) is 3.04. The van der Waals surface area contributed by atoms with E-state index in [1.54, 1.807) is 0 Å². The molecule has 0 aromatic carbocycles. The zero-order chi connectivity index (χ0) is 11.7. The van der Waals surface area contributed by atoms with E-state index in [-0.39, 0.29) is 0 Å². The fourth-order valence-corrected chi connectivity index (χ4v) is 2.54. The molecule has 4 heteroatoms. The molecule has 0 N–H and O–H groups in total. The molecule has 17 heavy (non-hydrogen) atoms. The van der Waals surface area contributed by atoms with E-state index in [9.17, 15) is 0 Å². The summed E-state index contributed by atoms with van der Waals surface area (Å²) >= 11 is 6.02. The minimum atomic E-state index is 0.688. The average Bonchev–Trinajstić information content (AvgIpc) is 2.73. The minimum Gasteiger partial charge on any atom is -0.381 e. The van der Waals surface area contributed by atoms with Crippen molar-refractivity contribution in [3.63, 3.8) is 0 Å².